The van der Waals surface area contributed by atoms with E-state index in [0.29, 0.717) is 27.7 Å². The van der Waals surface area contributed by atoms with Gasteiger partial charge in [-0.15, -0.1) is 0 Å². The predicted octanol–water partition coefficient (Wildman–Crippen LogP) is 4.60. The molecule has 1 amide bonds. The van der Waals surface area contributed by atoms with Gasteiger partial charge in [-0.2, -0.15) is 5.10 Å². The van der Waals surface area contributed by atoms with E-state index < -0.39 is 17.9 Å². The molecule has 214 valence electrons. The summed E-state index contributed by atoms with van der Waals surface area (Å²) in [5.41, 5.74) is 10.7. The van der Waals surface area contributed by atoms with E-state index in [1.807, 2.05) is 38.1 Å². The quantitative estimate of drug-likeness (QED) is 0.149. The number of carbonyl (C=O) groups excluding carboxylic acids is 2. The lowest BCUT2D eigenvalue weighted by Crippen LogP contribution is -2.45. The summed E-state index contributed by atoms with van der Waals surface area (Å²) in [6.45, 7) is 11.8. The van der Waals surface area contributed by atoms with E-state index in [0.717, 1.165) is 22.6 Å². The average molecular weight is 574 g/mol. The molecule has 2 heterocycles. The van der Waals surface area contributed by atoms with Crippen molar-refractivity contribution in [1.29, 1.82) is 0 Å². The number of esters is 1. The van der Waals surface area contributed by atoms with Gasteiger partial charge in [-0.3, -0.25) is 4.79 Å². The van der Waals surface area contributed by atoms with Gasteiger partial charge in [0, 0.05) is 33.9 Å². The monoisotopic (exact) mass is 573 g/mol. The highest BCUT2D eigenvalue weighted by atomic mass is 32.1. The Balaban J connectivity index is 1.46. The van der Waals surface area contributed by atoms with Gasteiger partial charge >= 0.3 is 5.97 Å². The molecule has 3 aromatic rings. The average Bonchev–Trinajstić information content (AvgIpc) is 3.21. The Bertz CT molecular complexity index is 1560. The van der Waals surface area contributed by atoms with Crippen molar-refractivity contribution >= 4 is 35.4 Å². The number of hydrogen-bond acceptors (Lipinski definition) is 6. The molecule has 4 rings (SSSR count). The summed E-state index contributed by atoms with van der Waals surface area (Å²) in [6, 6.07) is 14.8. The highest BCUT2D eigenvalue weighted by Crippen LogP contribution is 2.33. The van der Waals surface area contributed by atoms with Crippen LogP contribution in [-0.4, -0.2) is 41.0 Å². The van der Waals surface area contributed by atoms with Crippen molar-refractivity contribution in [3.63, 3.8) is 0 Å². The van der Waals surface area contributed by atoms with Crippen LogP contribution in [0.3, 0.4) is 0 Å². The van der Waals surface area contributed by atoms with Crippen LogP contribution in [0.1, 0.15) is 53.5 Å². The number of para-hydroxylation sites is 1. The summed E-state index contributed by atoms with van der Waals surface area (Å²) in [4.78, 5) is 25.4. The number of carbonyl (C=O) groups is 2. The minimum atomic E-state index is -0.604. The maximum absolute atomic E-state index is 12.7. The second-order valence-electron chi connectivity index (χ2n) is 9.79. The Labute approximate surface area is 245 Å². The van der Waals surface area contributed by atoms with Crippen molar-refractivity contribution in [3.05, 3.63) is 93.4 Å². The fraction of sp³-hybridized carbons (Fsp3) is 0.290. The number of hydrogen-bond donors (Lipinski definition) is 3. The molecule has 1 aromatic heterocycles. The van der Waals surface area contributed by atoms with Crippen LogP contribution in [0.15, 0.2) is 64.9 Å². The molecule has 0 fully saturated rings. The van der Waals surface area contributed by atoms with Gasteiger partial charge < -0.3 is 24.7 Å². The van der Waals surface area contributed by atoms with Crippen molar-refractivity contribution in [2.75, 3.05) is 13.2 Å². The first kappa shape index (κ1) is 29.5. The fourth-order valence-corrected chi connectivity index (χ4v) is 5.14. The first-order valence-corrected chi connectivity index (χ1v) is 13.8. The highest BCUT2D eigenvalue weighted by molar-refractivity contribution is 7.80. The topological polar surface area (TPSA) is 106 Å². The molecule has 0 bridgehead atoms. The minimum Gasteiger partial charge on any atom is -0.483 e. The van der Waals surface area contributed by atoms with E-state index in [2.05, 4.69) is 51.7 Å². The number of hydrazone groups is 1. The van der Waals surface area contributed by atoms with Gasteiger partial charge in [-0.25, -0.2) is 10.2 Å². The molecule has 0 radical (unpaired) electrons. The number of ether oxygens (including phenoxy) is 2. The van der Waals surface area contributed by atoms with Crippen LogP contribution < -0.4 is 20.8 Å². The third kappa shape index (κ3) is 6.49. The first-order valence-electron chi connectivity index (χ1n) is 13.4. The largest absolute Gasteiger partial charge is 0.483 e. The van der Waals surface area contributed by atoms with E-state index in [4.69, 9.17) is 21.7 Å². The van der Waals surface area contributed by atoms with Crippen molar-refractivity contribution in [2.24, 2.45) is 5.10 Å². The summed E-state index contributed by atoms with van der Waals surface area (Å²) >= 11 is 5.33. The molecule has 0 aliphatic carbocycles. The van der Waals surface area contributed by atoms with Crippen LogP contribution in [0.25, 0.3) is 5.69 Å². The van der Waals surface area contributed by atoms with Gasteiger partial charge in [0.25, 0.3) is 5.91 Å². The van der Waals surface area contributed by atoms with Gasteiger partial charge in [0.1, 0.15) is 5.75 Å². The smallest absolute Gasteiger partial charge is 0.338 e. The molecular weight excluding hydrogens is 538 g/mol. The molecule has 41 heavy (non-hydrogen) atoms. The highest BCUT2D eigenvalue weighted by Gasteiger charge is 2.32. The summed E-state index contributed by atoms with van der Waals surface area (Å²) in [6.07, 6.45) is 1.63. The summed E-state index contributed by atoms with van der Waals surface area (Å²) < 4.78 is 13.3. The van der Waals surface area contributed by atoms with Crippen LogP contribution in [0.5, 0.6) is 5.75 Å². The van der Waals surface area contributed by atoms with E-state index in [1.165, 1.54) is 11.1 Å². The van der Waals surface area contributed by atoms with Crippen LogP contribution >= 0.6 is 12.2 Å². The number of aromatic nitrogens is 1. The number of nitrogens with one attached hydrogen (secondary N) is 3. The van der Waals surface area contributed by atoms with Crippen molar-refractivity contribution < 1.29 is 19.1 Å². The second-order valence-corrected chi connectivity index (χ2v) is 10.2. The molecule has 1 aliphatic rings. The van der Waals surface area contributed by atoms with Gasteiger partial charge in [-0.1, -0.05) is 30.3 Å². The zero-order chi connectivity index (χ0) is 29.7. The molecule has 0 unspecified atom stereocenters. The predicted molar refractivity (Wildman–Crippen MR) is 163 cm³/mol. The Hall–Kier alpha value is -4.44. The summed E-state index contributed by atoms with van der Waals surface area (Å²) in [5.74, 6) is -0.456. The molecule has 9 nitrogen and oxygen atoms in total. The van der Waals surface area contributed by atoms with Crippen LogP contribution in [-0.2, 0) is 14.3 Å². The molecular formula is C31H35N5O4S. The van der Waals surface area contributed by atoms with E-state index in [1.54, 1.807) is 32.2 Å². The molecule has 2 aromatic carbocycles. The fourth-order valence-electron chi connectivity index (χ4n) is 4.87. The lowest BCUT2D eigenvalue weighted by Gasteiger charge is -2.30. The molecule has 0 saturated carbocycles. The zero-order valence-electron chi connectivity index (χ0n) is 24.1. The lowest BCUT2D eigenvalue weighted by atomic mass is 9.95. The summed E-state index contributed by atoms with van der Waals surface area (Å²) in [5, 5.41) is 10.6. The Morgan fingerprint density at radius 1 is 1.10 bits per heavy atom. The molecule has 3 N–H and O–H groups in total. The third-order valence-electron chi connectivity index (χ3n) is 7.03. The number of allylic oxidation sites excluding steroid dienone is 1. The molecule has 10 heteroatoms. The van der Waals surface area contributed by atoms with Crippen molar-refractivity contribution in [3.8, 4) is 11.4 Å². The van der Waals surface area contributed by atoms with Crippen LogP contribution in [0, 0.1) is 27.7 Å². The van der Waals surface area contributed by atoms with E-state index >= 15 is 0 Å². The molecule has 1 atom stereocenters. The third-order valence-corrected chi connectivity index (χ3v) is 7.25. The number of thiocarbonyl (C=S) groups is 1. The Morgan fingerprint density at radius 3 is 2.61 bits per heavy atom. The van der Waals surface area contributed by atoms with Crippen LogP contribution in [0.2, 0.25) is 0 Å². The second kappa shape index (κ2) is 12.8. The van der Waals surface area contributed by atoms with Gasteiger partial charge in [-0.05, 0) is 83.1 Å². The number of nitrogens with zero attached hydrogens (tertiary/aromatic N) is 2. The molecule has 0 saturated heterocycles. The first-order chi connectivity index (χ1) is 19.6. The molecule has 0 spiro atoms. The zero-order valence-corrected chi connectivity index (χ0v) is 24.9. The summed E-state index contributed by atoms with van der Waals surface area (Å²) in [7, 11) is 0. The Morgan fingerprint density at radius 2 is 1.85 bits per heavy atom. The lowest BCUT2D eigenvalue weighted by molar-refractivity contribution is -0.139. The number of rotatable bonds is 9. The number of benzene rings is 2. The number of aryl methyl sites for hydroxylation is 2. The maximum atomic E-state index is 12.7. The van der Waals surface area contributed by atoms with Crippen molar-refractivity contribution in [2.45, 2.75) is 47.6 Å². The Kier molecular flexibility index (Phi) is 9.24. The standard InChI is InChI=1S/C31H35N5O4S/c1-7-39-30(38)28-21(5)33-31(41)34-29(28)24-12-8-9-14-26(24)40-17-27(37)35-32-16-23-15-19(3)36(22(23)6)25-13-10-11-18(2)20(25)4/h8-16,29H,7,17H2,1-6H3,(H,35,37)(H2,33,34,41)/t29-/m0/s1. The van der Waals surface area contributed by atoms with Crippen molar-refractivity contribution in [1.82, 2.24) is 20.6 Å². The van der Waals surface area contributed by atoms with Gasteiger partial charge in [0.05, 0.1) is 24.4 Å². The number of amides is 1. The van der Waals surface area contributed by atoms with Crippen LogP contribution in [0.4, 0.5) is 0 Å². The molecule has 1 aliphatic heterocycles. The van der Waals surface area contributed by atoms with E-state index in [-0.39, 0.29) is 13.2 Å². The van der Waals surface area contributed by atoms with E-state index in [9.17, 15) is 9.59 Å². The van der Waals surface area contributed by atoms with Gasteiger partial charge in [0.15, 0.2) is 11.7 Å². The SMILES string of the molecule is CCOC(=O)C1=C(C)NC(=S)N[C@H]1c1ccccc1OCC(=O)NN=Cc1cc(C)n(-c2cccc(C)c2C)c1C. The maximum Gasteiger partial charge on any atom is 0.338 e. The minimum absolute atomic E-state index is 0.237. The van der Waals surface area contributed by atoms with Gasteiger partial charge in [0.2, 0.25) is 0 Å². The normalized spacial score (nSPS) is 15.0.